The first kappa shape index (κ1) is 18.2. The van der Waals surface area contributed by atoms with Crippen LogP contribution >= 0.6 is 0 Å². The number of aromatic amines is 1. The molecule has 0 spiro atoms. The second-order valence-electron chi connectivity index (χ2n) is 7.71. The summed E-state index contributed by atoms with van der Waals surface area (Å²) in [7, 11) is 0. The Bertz CT molecular complexity index is 774. The Morgan fingerprint density at radius 1 is 1.33 bits per heavy atom. The van der Waals surface area contributed by atoms with E-state index in [9.17, 15) is 4.79 Å². The molecular weight excluding hydrogens is 340 g/mol. The van der Waals surface area contributed by atoms with E-state index in [2.05, 4.69) is 26.5 Å². The number of aryl methyl sites for hydroxylation is 1. The van der Waals surface area contributed by atoms with E-state index in [1.54, 1.807) is 6.20 Å². The number of hydrogen-bond donors (Lipinski definition) is 2. The van der Waals surface area contributed by atoms with Gasteiger partial charge in [-0.1, -0.05) is 23.8 Å². The Balaban J connectivity index is 1.33. The number of rotatable bonds is 5. The van der Waals surface area contributed by atoms with E-state index in [0.717, 1.165) is 55.9 Å². The van der Waals surface area contributed by atoms with Crippen molar-refractivity contribution in [3.05, 3.63) is 41.6 Å². The molecule has 2 saturated heterocycles. The van der Waals surface area contributed by atoms with Crippen LogP contribution in [0.15, 0.2) is 30.5 Å². The molecule has 3 heterocycles. The number of nitrogens with one attached hydrogen (secondary N) is 2. The first-order chi connectivity index (χ1) is 13.2. The molecule has 6 heteroatoms. The van der Waals surface area contributed by atoms with Gasteiger partial charge in [-0.05, 0) is 38.7 Å². The van der Waals surface area contributed by atoms with Gasteiger partial charge >= 0.3 is 0 Å². The number of carbonyl (C=O) groups is 1. The first-order valence-electron chi connectivity index (χ1n) is 9.94. The molecule has 0 unspecified atom stereocenters. The fourth-order valence-corrected chi connectivity index (χ4v) is 4.08. The molecule has 0 aliphatic carbocycles. The third-order valence-corrected chi connectivity index (χ3v) is 5.60. The van der Waals surface area contributed by atoms with Crippen molar-refractivity contribution < 1.29 is 9.53 Å². The summed E-state index contributed by atoms with van der Waals surface area (Å²) < 4.78 is 5.74. The van der Waals surface area contributed by atoms with Crippen molar-refractivity contribution in [1.82, 2.24) is 20.4 Å². The van der Waals surface area contributed by atoms with E-state index >= 15 is 0 Å². The summed E-state index contributed by atoms with van der Waals surface area (Å²) in [6.07, 6.45) is 6.36. The lowest BCUT2D eigenvalue weighted by Crippen LogP contribution is -2.46. The van der Waals surface area contributed by atoms with Crippen LogP contribution in [0.5, 0.6) is 0 Å². The van der Waals surface area contributed by atoms with Crippen LogP contribution in [0, 0.1) is 6.92 Å². The number of piperidine rings is 1. The van der Waals surface area contributed by atoms with Crippen molar-refractivity contribution in [3.63, 3.8) is 0 Å². The quantitative estimate of drug-likeness (QED) is 0.851. The molecule has 1 atom stereocenters. The highest BCUT2D eigenvalue weighted by Crippen LogP contribution is 2.23. The molecule has 6 nitrogen and oxygen atoms in total. The molecule has 2 aliphatic heterocycles. The molecule has 0 saturated carbocycles. The monoisotopic (exact) mass is 368 g/mol. The normalized spacial score (nSPS) is 21.4. The number of carbonyl (C=O) groups excluding carboxylic acids is 1. The van der Waals surface area contributed by atoms with Crippen molar-refractivity contribution in [1.29, 1.82) is 0 Å². The van der Waals surface area contributed by atoms with Crippen LogP contribution in [0.4, 0.5) is 0 Å². The molecule has 27 heavy (non-hydrogen) atoms. The van der Waals surface area contributed by atoms with Gasteiger partial charge in [0.05, 0.1) is 23.6 Å². The smallest absolute Gasteiger partial charge is 0.255 e. The number of H-pyrrole nitrogens is 1. The van der Waals surface area contributed by atoms with Gasteiger partial charge in [0.25, 0.3) is 5.91 Å². The summed E-state index contributed by atoms with van der Waals surface area (Å²) in [5, 5.41) is 10.3. The number of amides is 1. The zero-order chi connectivity index (χ0) is 18.6. The molecule has 144 valence electrons. The maximum atomic E-state index is 12.8. The van der Waals surface area contributed by atoms with Gasteiger partial charge in [-0.3, -0.25) is 9.89 Å². The zero-order valence-electron chi connectivity index (χ0n) is 15.9. The van der Waals surface area contributed by atoms with Crippen LogP contribution in [0.2, 0.25) is 0 Å². The molecule has 1 amide bonds. The average Bonchev–Trinajstić information content (AvgIpc) is 3.35. The molecule has 0 radical (unpaired) electrons. The molecule has 0 bridgehead atoms. The van der Waals surface area contributed by atoms with E-state index in [0.29, 0.717) is 11.7 Å². The average molecular weight is 368 g/mol. The highest BCUT2D eigenvalue weighted by Gasteiger charge is 2.25. The van der Waals surface area contributed by atoms with Crippen LogP contribution in [0.1, 0.15) is 41.6 Å². The van der Waals surface area contributed by atoms with Crippen molar-refractivity contribution >= 4 is 5.91 Å². The van der Waals surface area contributed by atoms with Gasteiger partial charge in [0.15, 0.2) is 0 Å². The predicted octanol–water partition coefficient (Wildman–Crippen LogP) is 2.76. The summed E-state index contributed by atoms with van der Waals surface area (Å²) in [6.45, 7) is 6.01. The number of nitrogens with zero attached hydrogens (tertiary/aromatic N) is 2. The van der Waals surface area contributed by atoms with E-state index < -0.39 is 0 Å². The van der Waals surface area contributed by atoms with Crippen LogP contribution in [-0.2, 0) is 4.74 Å². The summed E-state index contributed by atoms with van der Waals surface area (Å²) in [4.78, 5) is 15.3. The van der Waals surface area contributed by atoms with Crippen molar-refractivity contribution in [3.8, 4) is 11.3 Å². The first-order valence-corrected chi connectivity index (χ1v) is 9.94. The SMILES string of the molecule is Cc1cccc(-c2[nH]ncc2C(=O)NC2CCN(C[C@H]3CCCO3)CC2)c1. The fourth-order valence-electron chi connectivity index (χ4n) is 4.08. The van der Waals surface area contributed by atoms with Gasteiger partial charge < -0.3 is 15.0 Å². The zero-order valence-corrected chi connectivity index (χ0v) is 15.9. The largest absolute Gasteiger partial charge is 0.377 e. The Kier molecular flexibility index (Phi) is 5.55. The third kappa shape index (κ3) is 4.39. The number of ether oxygens (including phenoxy) is 1. The summed E-state index contributed by atoms with van der Waals surface area (Å²) >= 11 is 0. The minimum absolute atomic E-state index is 0.0437. The summed E-state index contributed by atoms with van der Waals surface area (Å²) in [5.41, 5.74) is 3.55. The number of aromatic nitrogens is 2. The van der Waals surface area contributed by atoms with Crippen LogP contribution in [-0.4, -0.2) is 59.4 Å². The minimum atomic E-state index is -0.0437. The Morgan fingerprint density at radius 3 is 2.93 bits per heavy atom. The van der Waals surface area contributed by atoms with E-state index in [4.69, 9.17) is 4.74 Å². The molecule has 1 aromatic carbocycles. The maximum absolute atomic E-state index is 12.8. The minimum Gasteiger partial charge on any atom is -0.377 e. The number of benzene rings is 1. The van der Waals surface area contributed by atoms with Crippen molar-refractivity contribution in [2.24, 2.45) is 0 Å². The molecule has 2 aliphatic rings. The standard InChI is InChI=1S/C21H28N4O2/c1-15-4-2-5-16(12-15)20-19(13-22-24-20)21(26)23-17-7-9-25(10-8-17)14-18-6-3-11-27-18/h2,4-5,12-13,17-18H,3,6-11,14H2,1H3,(H,22,24)(H,23,26)/t18-/m1/s1. The molecule has 2 fully saturated rings. The number of hydrogen-bond acceptors (Lipinski definition) is 4. The molecule has 2 aromatic rings. The predicted molar refractivity (Wildman–Crippen MR) is 105 cm³/mol. The van der Waals surface area contributed by atoms with E-state index in [1.165, 1.54) is 12.8 Å². The van der Waals surface area contributed by atoms with Gasteiger partial charge in [-0.25, -0.2) is 0 Å². The highest BCUT2D eigenvalue weighted by atomic mass is 16.5. The Hall–Kier alpha value is -2.18. The Labute approximate surface area is 160 Å². The lowest BCUT2D eigenvalue weighted by atomic mass is 10.0. The molecule has 2 N–H and O–H groups in total. The lowest BCUT2D eigenvalue weighted by molar-refractivity contribution is 0.0613. The topological polar surface area (TPSA) is 70.2 Å². The maximum Gasteiger partial charge on any atom is 0.255 e. The van der Waals surface area contributed by atoms with Gasteiger partial charge in [0.2, 0.25) is 0 Å². The molecule has 4 rings (SSSR count). The molecular formula is C21H28N4O2. The third-order valence-electron chi connectivity index (χ3n) is 5.60. The van der Waals surface area contributed by atoms with Gasteiger partial charge in [0, 0.05) is 37.8 Å². The fraction of sp³-hybridized carbons (Fsp3) is 0.524. The molecule has 1 aromatic heterocycles. The van der Waals surface area contributed by atoms with E-state index in [1.807, 2.05) is 25.1 Å². The lowest BCUT2D eigenvalue weighted by Gasteiger charge is -2.33. The highest BCUT2D eigenvalue weighted by molar-refractivity contribution is 5.99. The van der Waals surface area contributed by atoms with Gasteiger partial charge in [-0.15, -0.1) is 0 Å². The Morgan fingerprint density at radius 2 is 2.19 bits per heavy atom. The van der Waals surface area contributed by atoms with Crippen LogP contribution in [0.25, 0.3) is 11.3 Å². The van der Waals surface area contributed by atoms with Crippen molar-refractivity contribution in [2.75, 3.05) is 26.2 Å². The van der Waals surface area contributed by atoms with Crippen LogP contribution < -0.4 is 5.32 Å². The van der Waals surface area contributed by atoms with Gasteiger partial charge in [-0.2, -0.15) is 5.10 Å². The number of likely N-dealkylation sites (tertiary alicyclic amines) is 1. The van der Waals surface area contributed by atoms with E-state index in [-0.39, 0.29) is 11.9 Å². The van der Waals surface area contributed by atoms with Gasteiger partial charge in [0.1, 0.15) is 0 Å². The summed E-state index contributed by atoms with van der Waals surface area (Å²) in [6, 6.07) is 8.33. The second-order valence-corrected chi connectivity index (χ2v) is 7.71. The summed E-state index contributed by atoms with van der Waals surface area (Å²) in [5.74, 6) is -0.0437. The second kappa shape index (κ2) is 8.23. The van der Waals surface area contributed by atoms with Crippen molar-refractivity contribution in [2.45, 2.75) is 44.8 Å². The van der Waals surface area contributed by atoms with Crippen LogP contribution in [0.3, 0.4) is 0 Å².